The molecule has 0 bridgehead atoms. The fraction of sp³-hybridized carbons (Fsp3) is 0.111. The highest BCUT2D eigenvalue weighted by molar-refractivity contribution is 5.82. The molecule has 2 atom stereocenters. The first-order chi connectivity index (χ1) is 22.6. The Labute approximate surface area is 272 Å². The lowest BCUT2D eigenvalue weighted by molar-refractivity contribution is 0.395. The van der Waals surface area contributed by atoms with Crippen LogP contribution in [0.15, 0.2) is 176 Å². The summed E-state index contributed by atoms with van der Waals surface area (Å²) in [5.41, 5.74) is 13.9. The van der Waals surface area contributed by atoms with E-state index in [0.29, 0.717) is 11.8 Å². The predicted molar refractivity (Wildman–Crippen MR) is 195 cm³/mol. The van der Waals surface area contributed by atoms with Gasteiger partial charge in [-0.2, -0.15) is 0 Å². The molecule has 0 aromatic heterocycles. The summed E-state index contributed by atoms with van der Waals surface area (Å²) in [5.74, 6) is 0.898. The van der Waals surface area contributed by atoms with Gasteiger partial charge in [-0.25, -0.2) is 0 Å². The SMILES string of the molecule is CC1(C)c2ccccc2C2C=CC(c3ccc(N(c4ccc(-c5ccccc5)cc4)c4ccc(-c5ccccc5)cc4)cc3)=CC21. The van der Waals surface area contributed by atoms with Gasteiger partial charge in [0.1, 0.15) is 0 Å². The Kier molecular flexibility index (Phi) is 7.03. The first-order valence-corrected chi connectivity index (χ1v) is 16.3. The van der Waals surface area contributed by atoms with Crippen molar-refractivity contribution in [3.8, 4) is 22.3 Å². The Morgan fingerprint density at radius 2 is 0.891 bits per heavy atom. The van der Waals surface area contributed by atoms with E-state index in [1.165, 1.54) is 44.5 Å². The molecule has 0 fully saturated rings. The van der Waals surface area contributed by atoms with Crippen LogP contribution in [0.3, 0.4) is 0 Å². The normalized spacial score (nSPS) is 17.6. The van der Waals surface area contributed by atoms with Gasteiger partial charge in [0.2, 0.25) is 0 Å². The van der Waals surface area contributed by atoms with Gasteiger partial charge in [-0.15, -0.1) is 0 Å². The van der Waals surface area contributed by atoms with E-state index in [1.54, 1.807) is 0 Å². The van der Waals surface area contributed by atoms with E-state index in [1.807, 2.05) is 0 Å². The highest BCUT2D eigenvalue weighted by Gasteiger charge is 2.44. The van der Waals surface area contributed by atoms with Crippen molar-refractivity contribution >= 4 is 22.6 Å². The smallest absolute Gasteiger partial charge is 0.0462 e. The van der Waals surface area contributed by atoms with Gasteiger partial charge in [-0.1, -0.05) is 153 Å². The van der Waals surface area contributed by atoms with Gasteiger partial charge in [0, 0.05) is 23.0 Å². The van der Waals surface area contributed by atoms with Crippen molar-refractivity contribution < 1.29 is 0 Å². The minimum Gasteiger partial charge on any atom is -0.311 e. The molecule has 46 heavy (non-hydrogen) atoms. The number of anilines is 3. The lowest BCUT2D eigenvalue weighted by Crippen LogP contribution is -2.25. The van der Waals surface area contributed by atoms with Crippen molar-refractivity contribution in [2.45, 2.75) is 25.2 Å². The molecule has 6 aromatic rings. The summed E-state index contributed by atoms with van der Waals surface area (Å²) in [6, 6.07) is 57.0. The summed E-state index contributed by atoms with van der Waals surface area (Å²) < 4.78 is 0. The second kappa shape index (κ2) is 11.5. The van der Waals surface area contributed by atoms with E-state index in [4.69, 9.17) is 0 Å². The molecular weight excluding hydrogens is 555 g/mol. The van der Waals surface area contributed by atoms with Gasteiger partial charge < -0.3 is 4.90 Å². The molecule has 2 aliphatic rings. The summed E-state index contributed by atoms with van der Waals surface area (Å²) in [5, 5.41) is 0. The van der Waals surface area contributed by atoms with Crippen molar-refractivity contribution in [2.75, 3.05) is 4.90 Å². The van der Waals surface area contributed by atoms with Crippen LogP contribution in [-0.2, 0) is 5.41 Å². The lowest BCUT2D eigenvalue weighted by Gasteiger charge is -2.31. The first-order valence-electron chi connectivity index (χ1n) is 16.3. The summed E-state index contributed by atoms with van der Waals surface area (Å²) in [6.07, 6.45) is 7.27. The van der Waals surface area contributed by atoms with Gasteiger partial charge in [-0.3, -0.25) is 0 Å². The highest BCUT2D eigenvalue weighted by Crippen LogP contribution is 2.54. The van der Waals surface area contributed by atoms with Crippen LogP contribution in [-0.4, -0.2) is 0 Å². The molecule has 0 spiro atoms. The molecule has 0 saturated heterocycles. The zero-order valence-electron chi connectivity index (χ0n) is 26.3. The zero-order valence-corrected chi connectivity index (χ0v) is 26.3. The Bertz CT molecular complexity index is 1950. The quantitative estimate of drug-likeness (QED) is 0.186. The van der Waals surface area contributed by atoms with E-state index in [9.17, 15) is 0 Å². The molecule has 222 valence electrons. The molecule has 2 unspecified atom stereocenters. The minimum atomic E-state index is 0.103. The number of rotatable bonds is 6. The van der Waals surface area contributed by atoms with Crippen molar-refractivity contribution in [3.63, 3.8) is 0 Å². The second-order valence-corrected chi connectivity index (χ2v) is 13.0. The number of fused-ring (bicyclic) bond motifs is 3. The zero-order chi connectivity index (χ0) is 31.1. The first kappa shape index (κ1) is 28.1. The van der Waals surface area contributed by atoms with Gasteiger partial charge in [0.05, 0.1) is 0 Å². The summed E-state index contributed by atoms with van der Waals surface area (Å²) in [4.78, 5) is 2.35. The largest absolute Gasteiger partial charge is 0.311 e. The summed E-state index contributed by atoms with van der Waals surface area (Å²) in [7, 11) is 0. The number of nitrogens with zero attached hydrogens (tertiary/aromatic N) is 1. The van der Waals surface area contributed by atoms with Gasteiger partial charge in [0.25, 0.3) is 0 Å². The maximum atomic E-state index is 2.52. The minimum absolute atomic E-state index is 0.103. The molecular formula is C45H37N. The fourth-order valence-corrected chi connectivity index (χ4v) is 7.50. The van der Waals surface area contributed by atoms with Crippen molar-refractivity contribution in [2.24, 2.45) is 5.92 Å². The van der Waals surface area contributed by atoms with Crippen molar-refractivity contribution in [3.05, 3.63) is 193 Å². The molecule has 0 saturated carbocycles. The van der Waals surface area contributed by atoms with E-state index < -0.39 is 0 Å². The van der Waals surface area contributed by atoms with Crippen LogP contribution in [0.5, 0.6) is 0 Å². The number of benzene rings is 6. The molecule has 0 amide bonds. The fourth-order valence-electron chi connectivity index (χ4n) is 7.50. The Balaban J connectivity index is 1.14. The third-order valence-corrected chi connectivity index (χ3v) is 10.0. The van der Waals surface area contributed by atoms with Crippen LogP contribution in [0.2, 0.25) is 0 Å². The third-order valence-electron chi connectivity index (χ3n) is 10.0. The highest BCUT2D eigenvalue weighted by atomic mass is 15.1. The molecule has 1 heteroatoms. The monoisotopic (exact) mass is 591 g/mol. The van der Waals surface area contributed by atoms with Crippen molar-refractivity contribution in [1.29, 1.82) is 0 Å². The summed E-state index contributed by atoms with van der Waals surface area (Å²) in [6.45, 7) is 4.80. The molecule has 1 nitrogen and oxygen atoms in total. The van der Waals surface area contributed by atoms with Gasteiger partial charge >= 0.3 is 0 Å². The number of hydrogen-bond donors (Lipinski definition) is 0. The molecule has 2 aliphatic carbocycles. The van der Waals surface area contributed by atoms with E-state index in [-0.39, 0.29) is 5.41 Å². The molecule has 0 aliphatic heterocycles. The standard InChI is InChI=1S/C45H37N/c1-45(2)43-16-10-9-15-41(43)42-30-23-37(31-44(42)45)36-21-28-40(29-22-36)46(38-24-17-34(18-25-38)32-11-5-3-6-12-32)39-26-19-35(20-27-39)33-13-7-4-8-14-33/h3-31,42,44H,1-2H3. The topological polar surface area (TPSA) is 3.24 Å². The van der Waals surface area contributed by atoms with E-state index in [2.05, 4.69) is 195 Å². The van der Waals surface area contributed by atoms with E-state index in [0.717, 1.165) is 17.1 Å². The van der Waals surface area contributed by atoms with Gasteiger partial charge in [0.15, 0.2) is 0 Å². The van der Waals surface area contributed by atoms with E-state index >= 15 is 0 Å². The average Bonchev–Trinajstić information content (AvgIpc) is 3.36. The average molecular weight is 592 g/mol. The summed E-state index contributed by atoms with van der Waals surface area (Å²) >= 11 is 0. The predicted octanol–water partition coefficient (Wildman–Crippen LogP) is 12.1. The Hall–Kier alpha value is -5.40. The maximum absolute atomic E-state index is 2.52. The van der Waals surface area contributed by atoms with Crippen molar-refractivity contribution in [1.82, 2.24) is 0 Å². The van der Waals surface area contributed by atoms with Crippen LogP contribution in [0.4, 0.5) is 17.1 Å². The molecule has 6 aromatic carbocycles. The lowest BCUT2D eigenvalue weighted by atomic mass is 9.73. The Morgan fingerprint density at radius 3 is 1.41 bits per heavy atom. The van der Waals surface area contributed by atoms with Crippen LogP contribution >= 0.6 is 0 Å². The van der Waals surface area contributed by atoms with Gasteiger partial charge in [-0.05, 0) is 92.2 Å². The second-order valence-electron chi connectivity index (χ2n) is 13.0. The Morgan fingerprint density at radius 1 is 0.457 bits per heavy atom. The molecule has 0 radical (unpaired) electrons. The third kappa shape index (κ3) is 4.99. The van der Waals surface area contributed by atoms with Crippen LogP contribution in [0.1, 0.15) is 36.5 Å². The number of allylic oxidation sites excluding steroid dienone is 4. The van der Waals surface area contributed by atoms with Crippen LogP contribution in [0, 0.1) is 5.92 Å². The molecule has 0 N–H and O–H groups in total. The van der Waals surface area contributed by atoms with Crippen LogP contribution < -0.4 is 4.90 Å². The molecule has 8 rings (SSSR count). The molecule has 0 heterocycles. The number of hydrogen-bond acceptors (Lipinski definition) is 1. The maximum Gasteiger partial charge on any atom is 0.0462 e. The van der Waals surface area contributed by atoms with Crippen LogP contribution in [0.25, 0.3) is 27.8 Å².